The van der Waals surface area contributed by atoms with Gasteiger partial charge < -0.3 is 14.7 Å². The largest absolute Gasteiger partial charge is 0.492 e. The normalized spacial score (nSPS) is 14.8. The van der Waals surface area contributed by atoms with E-state index >= 15 is 0 Å². The quantitative estimate of drug-likeness (QED) is 0.275. The highest BCUT2D eigenvalue weighted by atomic mass is 16.5. The number of rotatable bonds is 15. The van der Waals surface area contributed by atoms with Crippen LogP contribution in [0.25, 0.3) is 6.08 Å². The van der Waals surface area contributed by atoms with E-state index in [0.717, 1.165) is 40.7 Å². The van der Waals surface area contributed by atoms with Gasteiger partial charge in [0.2, 0.25) is 0 Å². The van der Waals surface area contributed by atoms with E-state index in [0.29, 0.717) is 6.61 Å². The van der Waals surface area contributed by atoms with E-state index in [4.69, 9.17) is 9.73 Å². The van der Waals surface area contributed by atoms with Gasteiger partial charge in [0.05, 0.1) is 18.0 Å². The van der Waals surface area contributed by atoms with Crippen LogP contribution in [0.5, 0.6) is 0 Å². The predicted octanol–water partition coefficient (Wildman–Crippen LogP) is 7.88. The van der Waals surface area contributed by atoms with Crippen molar-refractivity contribution in [3.05, 3.63) is 64.6 Å². The maximum Gasteiger partial charge on any atom is 0.147 e. The maximum atomic E-state index is 5.84. The molecule has 0 unspecified atom stereocenters. The third kappa shape index (κ3) is 7.58. The number of aryl methyl sites for hydroxylation is 2. The Morgan fingerprint density at radius 2 is 1.56 bits per heavy atom. The Labute approximate surface area is 194 Å². The van der Waals surface area contributed by atoms with Crippen molar-refractivity contribution >= 4 is 11.8 Å². The van der Waals surface area contributed by atoms with Gasteiger partial charge in [0.25, 0.3) is 0 Å². The zero-order valence-electron chi connectivity index (χ0n) is 20.3. The van der Waals surface area contributed by atoms with Gasteiger partial charge in [-0.1, -0.05) is 64.7 Å². The number of H-pyrrole nitrogens is 2. The zero-order valence-corrected chi connectivity index (χ0v) is 20.3. The fraction of sp³-hybridized carbons (Fsp3) is 0.536. The highest BCUT2D eigenvalue weighted by Crippen LogP contribution is 2.25. The molecule has 0 bridgehead atoms. The van der Waals surface area contributed by atoms with E-state index in [1.165, 1.54) is 69.9 Å². The summed E-state index contributed by atoms with van der Waals surface area (Å²) in [5, 5.41) is 0. The highest BCUT2D eigenvalue weighted by Gasteiger charge is 2.18. The number of allylic oxidation sites excluding steroid dienone is 1. The number of nitrogens with one attached hydrogen (secondary N) is 2. The first-order valence-electron chi connectivity index (χ1n) is 12.7. The fourth-order valence-electron chi connectivity index (χ4n) is 4.22. The van der Waals surface area contributed by atoms with Gasteiger partial charge in [-0.05, 0) is 57.0 Å². The molecule has 32 heavy (non-hydrogen) atoms. The Balaban J connectivity index is 1.45. The van der Waals surface area contributed by atoms with Gasteiger partial charge in [0.1, 0.15) is 11.5 Å². The molecule has 3 heterocycles. The minimum absolute atomic E-state index is 0.629. The van der Waals surface area contributed by atoms with Gasteiger partial charge in [0, 0.05) is 23.2 Å². The monoisotopic (exact) mass is 435 g/mol. The molecule has 0 radical (unpaired) electrons. The number of ether oxygens (including phenoxy) is 1. The third-order valence-electron chi connectivity index (χ3n) is 6.03. The molecule has 0 fully saturated rings. The second-order valence-corrected chi connectivity index (χ2v) is 8.89. The number of unbranched alkanes of at least 4 members (excludes halogenated alkanes) is 9. The predicted molar refractivity (Wildman–Crippen MR) is 136 cm³/mol. The SMILES string of the molecule is CCCCCCCCCCCCc1ccc(C=C2N=C(c3ccc(C)[nH]3)C=C2OCC)[nH]1. The first-order chi connectivity index (χ1) is 15.7. The Kier molecular flexibility index (Phi) is 9.93. The summed E-state index contributed by atoms with van der Waals surface area (Å²) in [7, 11) is 0. The highest BCUT2D eigenvalue weighted by molar-refractivity contribution is 6.11. The van der Waals surface area contributed by atoms with Gasteiger partial charge in [-0.25, -0.2) is 4.99 Å². The molecular formula is C28H41N3O. The number of hydrogen-bond donors (Lipinski definition) is 2. The van der Waals surface area contributed by atoms with Crippen molar-refractivity contribution in [3.8, 4) is 0 Å². The minimum atomic E-state index is 0.629. The molecule has 4 nitrogen and oxygen atoms in total. The van der Waals surface area contributed by atoms with Crippen molar-refractivity contribution in [1.29, 1.82) is 0 Å². The molecule has 0 spiro atoms. The number of aromatic nitrogens is 2. The number of aromatic amines is 2. The first-order valence-corrected chi connectivity index (χ1v) is 12.7. The van der Waals surface area contributed by atoms with Gasteiger partial charge in [-0.15, -0.1) is 0 Å². The van der Waals surface area contributed by atoms with E-state index in [1.54, 1.807) is 0 Å². The lowest BCUT2D eigenvalue weighted by Crippen LogP contribution is -1.94. The first kappa shape index (κ1) is 24.2. The van der Waals surface area contributed by atoms with Crippen molar-refractivity contribution in [2.24, 2.45) is 4.99 Å². The summed E-state index contributed by atoms with van der Waals surface area (Å²) in [6.45, 7) is 6.97. The van der Waals surface area contributed by atoms with Crippen LogP contribution in [0.3, 0.4) is 0 Å². The molecule has 0 atom stereocenters. The molecular weight excluding hydrogens is 394 g/mol. The van der Waals surface area contributed by atoms with E-state index in [9.17, 15) is 0 Å². The third-order valence-corrected chi connectivity index (χ3v) is 6.03. The molecule has 1 aliphatic rings. The smallest absolute Gasteiger partial charge is 0.147 e. The topological polar surface area (TPSA) is 53.2 Å². The van der Waals surface area contributed by atoms with Gasteiger partial charge >= 0.3 is 0 Å². The molecule has 4 heteroatoms. The molecule has 3 rings (SSSR count). The van der Waals surface area contributed by atoms with Gasteiger partial charge in [-0.2, -0.15) is 0 Å². The molecule has 0 amide bonds. The average Bonchev–Trinajstić information content (AvgIpc) is 3.51. The standard InChI is InChI=1S/C28H41N3O/c1-4-6-7-8-9-10-11-12-13-14-15-23-17-18-24(30-23)20-27-28(32-5-2)21-26(31-27)25-19-16-22(3)29-25/h16-21,29-30H,4-15H2,1-3H3. The summed E-state index contributed by atoms with van der Waals surface area (Å²) < 4.78 is 5.84. The van der Waals surface area contributed by atoms with Crippen molar-refractivity contribution in [1.82, 2.24) is 9.97 Å². The lowest BCUT2D eigenvalue weighted by atomic mass is 10.1. The van der Waals surface area contributed by atoms with Crippen LogP contribution in [0, 0.1) is 6.92 Å². The van der Waals surface area contributed by atoms with Crippen LogP contribution >= 0.6 is 0 Å². The molecule has 2 N–H and O–H groups in total. The van der Waals surface area contributed by atoms with Crippen LogP contribution in [0.15, 0.2) is 46.8 Å². The van der Waals surface area contributed by atoms with Crippen LogP contribution in [0.1, 0.15) is 101 Å². The number of aliphatic imine (C=N–C) groups is 1. The second-order valence-electron chi connectivity index (χ2n) is 8.89. The van der Waals surface area contributed by atoms with Crippen LogP contribution in [-0.2, 0) is 11.2 Å². The second kappa shape index (κ2) is 13.1. The molecule has 0 aromatic carbocycles. The maximum absolute atomic E-state index is 5.84. The van der Waals surface area contributed by atoms with Crippen LogP contribution in [-0.4, -0.2) is 22.3 Å². The Hall–Kier alpha value is -2.49. The molecule has 2 aromatic rings. The van der Waals surface area contributed by atoms with Crippen LogP contribution in [0.4, 0.5) is 0 Å². The molecule has 174 valence electrons. The molecule has 0 saturated heterocycles. The zero-order chi connectivity index (χ0) is 22.6. The number of nitrogens with zero attached hydrogens (tertiary/aromatic N) is 1. The van der Waals surface area contributed by atoms with Gasteiger partial charge in [-0.3, -0.25) is 0 Å². The van der Waals surface area contributed by atoms with Crippen molar-refractivity contribution in [3.63, 3.8) is 0 Å². The fourth-order valence-corrected chi connectivity index (χ4v) is 4.22. The summed E-state index contributed by atoms with van der Waals surface area (Å²) in [6.07, 6.45) is 19.0. The van der Waals surface area contributed by atoms with Crippen molar-refractivity contribution in [2.45, 2.75) is 91.4 Å². The Morgan fingerprint density at radius 3 is 2.22 bits per heavy atom. The summed E-state index contributed by atoms with van der Waals surface area (Å²) in [6, 6.07) is 8.49. The lowest BCUT2D eigenvalue weighted by Gasteiger charge is -2.04. The van der Waals surface area contributed by atoms with Crippen LogP contribution < -0.4 is 0 Å². The van der Waals surface area contributed by atoms with E-state index in [1.807, 2.05) is 13.0 Å². The summed E-state index contributed by atoms with van der Waals surface area (Å²) in [4.78, 5) is 11.7. The molecule has 2 aromatic heterocycles. The summed E-state index contributed by atoms with van der Waals surface area (Å²) in [5.41, 5.74) is 6.34. The number of hydrogen-bond acceptors (Lipinski definition) is 2. The van der Waals surface area contributed by atoms with E-state index in [-0.39, 0.29) is 0 Å². The van der Waals surface area contributed by atoms with E-state index in [2.05, 4.69) is 54.2 Å². The Bertz CT molecular complexity index is 913. The van der Waals surface area contributed by atoms with Gasteiger partial charge in [0.15, 0.2) is 0 Å². The molecule has 0 aliphatic carbocycles. The van der Waals surface area contributed by atoms with Crippen molar-refractivity contribution in [2.75, 3.05) is 6.61 Å². The van der Waals surface area contributed by atoms with E-state index < -0.39 is 0 Å². The van der Waals surface area contributed by atoms with Crippen molar-refractivity contribution < 1.29 is 4.74 Å². The lowest BCUT2D eigenvalue weighted by molar-refractivity contribution is 0.239. The summed E-state index contributed by atoms with van der Waals surface area (Å²) >= 11 is 0. The molecule has 1 aliphatic heterocycles. The Morgan fingerprint density at radius 1 is 0.844 bits per heavy atom. The van der Waals surface area contributed by atoms with Crippen LogP contribution in [0.2, 0.25) is 0 Å². The average molecular weight is 436 g/mol. The minimum Gasteiger partial charge on any atom is -0.492 e. The molecule has 0 saturated carbocycles. The summed E-state index contributed by atoms with van der Waals surface area (Å²) in [5.74, 6) is 0.834.